The molecule has 0 heterocycles. The summed E-state index contributed by atoms with van der Waals surface area (Å²) in [6, 6.07) is 6.49. The van der Waals surface area contributed by atoms with Crippen LogP contribution >= 0.6 is 0 Å². The summed E-state index contributed by atoms with van der Waals surface area (Å²) in [6.45, 7) is -0.228. The zero-order chi connectivity index (χ0) is 12.0. The molecule has 88 valence electrons. The molecule has 0 aliphatic rings. The molecule has 1 aromatic carbocycles. The Balaban J connectivity index is 2.29. The Morgan fingerprint density at radius 3 is 2.31 bits per heavy atom. The molecule has 0 unspecified atom stereocenters. The van der Waals surface area contributed by atoms with Gasteiger partial charge in [-0.1, -0.05) is 24.3 Å². The van der Waals surface area contributed by atoms with Gasteiger partial charge in [-0.25, -0.2) is 0 Å². The molecule has 0 aromatic heterocycles. The van der Waals surface area contributed by atoms with Gasteiger partial charge in [0.2, 0.25) is 0 Å². The first kappa shape index (κ1) is 12.7. The highest BCUT2D eigenvalue weighted by Gasteiger charge is 2.26. The van der Waals surface area contributed by atoms with Gasteiger partial charge in [-0.05, 0) is 5.56 Å². The fourth-order valence-corrected chi connectivity index (χ4v) is 1.07. The minimum absolute atomic E-state index is 0.120. The molecule has 0 amide bonds. The van der Waals surface area contributed by atoms with E-state index >= 15 is 0 Å². The van der Waals surface area contributed by atoms with E-state index in [1.54, 1.807) is 24.3 Å². The summed E-state index contributed by atoms with van der Waals surface area (Å²) < 4.78 is 40.1. The molecular formula is C11H11F3O2. The summed E-state index contributed by atoms with van der Waals surface area (Å²) in [5.41, 5.74) is 1.27. The minimum Gasteiger partial charge on any atom is -0.376 e. The lowest BCUT2D eigenvalue weighted by atomic mass is 10.2. The van der Waals surface area contributed by atoms with E-state index in [1.807, 2.05) is 0 Å². The van der Waals surface area contributed by atoms with E-state index in [9.17, 15) is 18.0 Å². The van der Waals surface area contributed by atoms with E-state index in [0.717, 1.165) is 5.56 Å². The Hall–Kier alpha value is -1.36. The lowest BCUT2D eigenvalue weighted by Crippen LogP contribution is -2.11. The second-order valence-corrected chi connectivity index (χ2v) is 3.28. The Bertz CT molecular complexity index is 330. The van der Waals surface area contributed by atoms with Gasteiger partial charge in [0.1, 0.15) is 6.29 Å². The quantitative estimate of drug-likeness (QED) is 0.576. The zero-order valence-corrected chi connectivity index (χ0v) is 8.46. The molecular weight excluding hydrogens is 221 g/mol. The van der Waals surface area contributed by atoms with Crippen LogP contribution in [0.2, 0.25) is 0 Å². The van der Waals surface area contributed by atoms with Crippen LogP contribution in [0.4, 0.5) is 13.2 Å². The number of hydrogen-bond acceptors (Lipinski definition) is 2. The molecule has 2 nitrogen and oxygen atoms in total. The number of alkyl halides is 3. The SMILES string of the molecule is O=Cc1ccc(COCCC(F)(F)F)cc1. The molecule has 0 atom stereocenters. The maximum absolute atomic E-state index is 11.8. The van der Waals surface area contributed by atoms with Crippen LogP contribution in [0.3, 0.4) is 0 Å². The van der Waals surface area contributed by atoms with Gasteiger partial charge in [-0.15, -0.1) is 0 Å². The van der Waals surface area contributed by atoms with Crippen LogP contribution in [0, 0.1) is 0 Å². The first-order valence-corrected chi connectivity index (χ1v) is 4.70. The number of halogens is 3. The molecule has 0 aliphatic heterocycles. The van der Waals surface area contributed by atoms with Crippen LogP contribution in [0.5, 0.6) is 0 Å². The van der Waals surface area contributed by atoms with E-state index in [-0.39, 0.29) is 13.2 Å². The average Bonchev–Trinajstić information content (AvgIpc) is 2.24. The Morgan fingerprint density at radius 2 is 1.81 bits per heavy atom. The standard InChI is InChI=1S/C11H11F3O2/c12-11(13,14)5-6-16-8-10-3-1-9(7-15)2-4-10/h1-4,7H,5-6,8H2. The first-order chi connectivity index (χ1) is 7.51. The molecule has 0 bridgehead atoms. The van der Waals surface area contributed by atoms with E-state index in [2.05, 4.69) is 0 Å². The summed E-state index contributed by atoms with van der Waals surface area (Å²) in [7, 11) is 0. The number of rotatable bonds is 5. The maximum atomic E-state index is 11.8. The highest BCUT2D eigenvalue weighted by Crippen LogP contribution is 2.19. The van der Waals surface area contributed by atoms with Gasteiger partial charge in [0.05, 0.1) is 19.6 Å². The molecule has 1 rings (SSSR count). The fraction of sp³-hybridized carbons (Fsp3) is 0.364. The van der Waals surface area contributed by atoms with E-state index in [4.69, 9.17) is 4.74 Å². The van der Waals surface area contributed by atoms with Gasteiger partial charge >= 0.3 is 6.18 Å². The van der Waals surface area contributed by atoms with Crippen LogP contribution < -0.4 is 0 Å². The van der Waals surface area contributed by atoms with Crippen molar-refractivity contribution < 1.29 is 22.7 Å². The molecule has 0 N–H and O–H groups in total. The predicted molar refractivity (Wildman–Crippen MR) is 52.2 cm³/mol. The lowest BCUT2D eigenvalue weighted by molar-refractivity contribution is -0.146. The lowest BCUT2D eigenvalue weighted by Gasteiger charge is -2.07. The predicted octanol–water partition coefficient (Wildman–Crippen LogP) is 2.97. The van der Waals surface area contributed by atoms with Crippen molar-refractivity contribution in [2.45, 2.75) is 19.2 Å². The maximum Gasteiger partial charge on any atom is 0.391 e. The van der Waals surface area contributed by atoms with Crippen molar-refractivity contribution in [1.82, 2.24) is 0 Å². The Labute approximate surface area is 91.0 Å². The van der Waals surface area contributed by atoms with Crippen LogP contribution in [0.25, 0.3) is 0 Å². The highest BCUT2D eigenvalue weighted by molar-refractivity contribution is 5.74. The van der Waals surface area contributed by atoms with Crippen LogP contribution in [0.15, 0.2) is 24.3 Å². The largest absolute Gasteiger partial charge is 0.391 e. The van der Waals surface area contributed by atoms with Crippen LogP contribution in [-0.2, 0) is 11.3 Å². The monoisotopic (exact) mass is 232 g/mol. The van der Waals surface area contributed by atoms with E-state index in [1.165, 1.54) is 0 Å². The average molecular weight is 232 g/mol. The van der Waals surface area contributed by atoms with Crippen molar-refractivity contribution in [2.75, 3.05) is 6.61 Å². The van der Waals surface area contributed by atoms with Gasteiger partial charge < -0.3 is 4.74 Å². The molecule has 5 heteroatoms. The van der Waals surface area contributed by atoms with Gasteiger partial charge in [0.25, 0.3) is 0 Å². The molecule has 0 aliphatic carbocycles. The normalized spacial score (nSPS) is 11.4. The number of aldehydes is 1. The summed E-state index contributed by atoms with van der Waals surface area (Å²) in [4.78, 5) is 10.3. The van der Waals surface area contributed by atoms with Crippen molar-refractivity contribution in [3.8, 4) is 0 Å². The first-order valence-electron chi connectivity index (χ1n) is 4.70. The molecule has 0 radical (unpaired) electrons. The van der Waals surface area contributed by atoms with Crippen molar-refractivity contribution in [1.29, 1.82) is 0 Å². The van der Waals surface area contributed by atoms with Gasteiger partial charge in [-0.3, -0.25) is 4.79 Å². The molecule has 16 heavy (non-hydrogen) atoms. The van der Waals surface area contributed by atoms with E-state index < -0.39 is 12.6 Å². The van der Waals surface area contributed by atoms with Crippen molar-refractivity contribution in [3.63, 3.8) is 0 Å². The van der Waals surface area contributed by atoms with Crippen molar-refractivity contribution in [2.24, 2.45) is 0 Å². The van der Waals surface area contributed by atoms with Gasteiger partial charge in [0.15, 0.2) is 0 Å². The molecule has 0 spiro atoms. The fourth-order valence-electron chi connectivity index (χ4n) is 1.07. The Kier molecular flexibility index (Phi) is 4.49. The Morgan fingerprint density at radius 1 is 1.19 bits per heavy atom. The second-order valence-electron chi connectivity index (χ2n) is 3.28. The highest BCUT2D eigenvalue weighted by atomic mass is 19.4. The number of ether oxygens (including phenoxy) is 1. The summed E-state index contributed by atoms with van der Waals surface area (Å²) in [5.74, 6) is 0. The third-order valence-electron chi connectivity index (χ3n) is 1.91. The zero-order valence-electron chi connectivity index (χ0n) is 8.46. The van der Waals surface area contributed by atoms with E-state index in [0.29, 0.717) is 11.8 Å². The van der Waals surface area contributed by atoms with Crippen LogP contribution in [0.1, 0.15) is 22.3 Å². The number of benzene rings is 1. The summed E-state index contributed by atoms with van der Waals surface area (Å²) in [5, 5.41) is 0. The minimum atomic E-state index is -4.18. The smallest absolute Gasteiger partial charge is 0.376 e. The summed E-state index contributed by atoms with van der Waals surface area (Å²) in [6.07, 6.45) is -4.42. The van der Waals surface area contributed by atoms with Crippen molar-refractivity contribution >= 4 is 6.29 Å². The molecule has 0 saturated carbocycles. The van der Waals surface area contributed by atoms with Crippen LogP contribution in [-0.4, -0.2) is 19.1 Å². The summed E-state index contributed by atoms with van der Waals surface area (Å²) >= 11 is 0. The van der Waals surface area contributed by atoms with Gasteiger partial charge in [-0.2, -0.15) is 13.2 Å². The van der Waals surface area contributed by atoms with Gasteiger partial charge in [0, 0.05) is 5.56 Å². The molecule has 0 fully saturated rings. The number of carbonyl (C=O) groups excluding carboxylic acids is 1. The second kappa shape index (κ2) is 5.65. The molecule has 0 saturated heterocycles. The topological polar surface area (TPSA) is 26.3 Å². The third-order valence-corrected chi connectivity index (χ3v) is 1.91. The molecule has 1 aromatic rings. The van der Waals surface area contributed by atoms with Crippen molar-refractivity contribution in [3.05, 3.63) is 35.4 Å². The number of carbonyl (C=O) groups is 1. The third kappa shape index (κ3) is 4.93. The number of hydrogen-bond donors (Lipinski definition) is 0.